The van der Waals surface area contributed by atoms with Gasteiger partial charge in [-0.15, -0.1) is 0 Å². The molecule has 0 aromatic heterocycles. The van der Waals surface area contributed by atoms with Crippen molar-refractivity contribution < 1.29 is 9.72 Å². The summed E-state index contributed by atoms with van der Waals surface area (Å²) in [4.78, 5) is 24.2. The molecule has 1 N–H and O–H groups in total. The highest BCUT2D eigenvalue weighted by atomic mass is 35.5. The third kappa shape index (κ3) is 4.43. The lowest BCUT2D eigenvalue weighted by Crippen LogP contribution is -2.33. The Balaban J connectivity index is 1.91. The van der Waals surface area contributed by atoms with Gasteiger partial charge in [-0.3, -0.25) is 14.9 Å². The van der Waals surface area contributed by atoms with Gasteiger partial charge in [0, 0.05) is 38.0 Å². The summed E-state index contributed by atoms with van der Waals surface area (Å²) in [6.45, 7) is 1.05. The van der Waals surface area contributed by atoms with Crippen molar-refractivity contribution >= 4 is 28.9 Å². The first-order valence-electron chi connectivity index (χ1n) is 6.97. The zero-order valence-electron chi connectivity index (χ0n) is 12.5. The van der Waals surface area contributed by atoms with Gasteiger partial charge in [-0.1, -0.05) is 29.8 Å². The van der Waals surface area contributed by atoms with Crippen LogP contribution in [0.4, 0.5) is 11.4 Å². The molecule has 0 atom stereocenters. The van der Waals surface area contributed by atoms with Crippen molar-refractivity contribution in [2.24, 2.45) is 0 Å². The number of nitro groups is 1. The molecule has 0 fully saturated rings. The summed E-state index contributed by atoms with van der Waals surface area (Å²) < 4.78 is 0. The molecule has 0 bridgehead atoms. The number of amides is 1. The molecule has 6 nitrogen and oxygen atoms in total. The molecule has 0 radical (unpaired) electrons. The van der Waals surface area contributed by atoms with Gasteiger partial charge in [-0.25, -0.2) is 0 Å². The number of halogens is 1. The second-order valence-corrected chi connectivity index (χ2v) is 5.34. The summed E-state index contributed by atoms with van der Waals surface area (Å²) in [5.74, 6) is -0.355. The highest BCUT2D eigenvalue weighted by molar-refractivity contribution is 6.34. The first kappa shape index (κ1) is 16.8. The van der Waals surface area contributed by atoms with E-state index in [1.165, 1.54) is 18.2 Å². The number of hydrogen-bond donors (Lipinski definition) is 1. The van der Waals surface area contributed by atoms with Crippen LogP contribution in [0.5, 0.6) is 0 Å². The first-order valence-corrected chi connectivity index (χ1v) is 7.35. The fraction of sp³-hybridized carbons (Fsp3) is 0.188. The van der Waals surface area contributed by atoms with Gasteiger partial charge in [-0.05, 0) is 18.2 Å². The number of nitro benzene ring substituents is 1. The molecular weight excluding hydrogens is 318 g/mol. The maximum Gasteiger partial charge on any atom is 0.270 e. The number of nitrogens with zero attached hydrogens (tertiary/aromatic N) is 2. The largest absolute Gasteiger partial charge is 0.373 e. The van der Waals surface area contributed by atoms with E-state index in [1.54, 1.807) is 0 Å². The normalized spacial score (nSPS) is 10.2. The van der Waals surface area contributed by atoms with Gasteiger partial charge in [0.25, 0.3) is 11.6 Å². The molecule has 0 aliphatic carbocycles. The number of carbonyl (C=O) groups is 1. The quantitative estimate of drug-likeness (QED) is 0.651. The number of para-hydroxylation sites is 1. The molecule has 0 saturated heterocycles. The van der Waals surface area contributed by atoms with Crippen LogP contribution in [0.3, 0.4) is 0 Å². The zero-order chi connectivity index (χ0) is 16.8. The van der Waals surface area contributed by atoms with Gasteiger partial charge in [0.2, 0.25) is 0 Å². The minimum absolute atomic E-state index is 0.0631. The molecule has 120 valence electrons. The predicted molar refractivity (Wildman–Crippen MR) is 90.2 cm³/mol. The Bertz CT molecular complexity index is 707. The summed E-state index contributed by atoms with van der Waals surface area (Å²) in [6, 6.07) is 13.6. The average Bonchev–Trinajstić information content (AvgIpc) is 2.55. The maximum absolute atomic E-state index is 12.1. The van der Waals surface area contributed by atoms with Crippen LogP contribution < -0.4 is 10.2 Å². The lowest BCUT2D eigenvalue weighted by atomic mass is 10.2. The van der Waals surface area contributed by atoms with Gasteiger partial charge in [0.1, 0.15) is 0 Å². The second-order valence-electron chi connectivity index (χ2n) is 4.93. The van der Waals surface area contributed by atoms with Gasteiger partial charge >= 0.3 is 0 Å². The van der Waals surface area contributed by atoms with Crippen molar-refractivity contribution in [3.63, 3.8) is 0 Å². The number of anilines is 1. The van der Waals surface area contributed by atoms with Crippen LogP contribution in [0.1, 0.15) is 10.4 Å². The van der Waals surface area contributed by atoms with E-state index in [4.69, 9.17) is 11.6 Å². The van der Waals surface area contributed by atoms with Crippen LogP contribution in [0.25, 0.3) is 0 Å². The first-order chi connectivity index (χ1) is 11.0. The van der Waals surface area contributed by atoms with E-state index in [9.17, 15) is 14.9 Å². The molecule has 2 aromatic rings. The molecule has 0 heterocycles. The maximum atomic E-state index is 12.1. The number of non-ortho nitro benzene ring substituents is 1. The van der Waals surface area contributed by atoms with Gasteiger partial charge in [0.15, 0.2) is 0 Å². The van der Waals surface area contributed by atoms with Gasteiger partial charge < -0.3 is 10.2 Å². The molecular formula is C16H16ClN3O3. The molecule has 0 spiro atoms. The molecule has 23 heavy (non-hydrogen) atoms. The van der Waals surface area contributed by atoms with Crippen LogP contribution >= 0.6 is 11.6 Å². The number of rotatable bonds is 6. The average molecular weight is 334 g/mol. The minimum Gasteiger partial charge on any atom is -0.373 e. The van der Waals surface area contributed by atoms with E-state index < -0.39 is 4.92 Å². The second kappa shape index (κ2) is 7.60. The van der Waals surface area contributed by atoms with Crippen LogP contribution in [-0.4, -0.2) is 31.0 Å². The topological polar surface area (TPSA) is 75.5 Å². The SMILES string of the molecule is CN(CCNC(=O)c1ccc([N+](=O)[O-])cc1Cl)c1ccccc1. The Morgan fingerprint density at radius 1 is 1.26 bits per heavy atom. The lowest BCUT2D eigenvalue weighted by molar-refractivity contribution is -0.384. The number of likely N-dealkylation sites (N-methyl/N-ethyl adjacent to an activating group) is 1. The fourth-order valence-corrected chi connectivity index (χ4v) is 2.31. The minimum atomic E-state index is -0.553. The van der Waals surface area contributed by atoms with Crippen LogP contribution in [0.2, 0.25) is 5.02 Å². The molecule has 0 aliphatic rings. The fourth-order valence-electron chi connectivity index (χ4n) is 2.05. The van der Waals surface area contributed by atoms with Gasteiger partial charge in [0.05, 0.1) is 15.5 Å². The van der Waals surface area contributed by atoms with Crippen molar-refractivity contribution in [1.82, 2.24) is 5.32 Å². The molecule has 1 amide bonds. The van der Waals surface area contributed by atoms with E-state index >= 15 is 0 Å². The summed E-state index contributed by atoms with van der Waals surface area (Å²) >= 11 is 5.93. The third-order valence-corrected chi connectivity index (χ3v) is 3.65. The van der Waals surface area contributed by atoms with E-state index in [-0.39, 0.29) is 22.2 Å². The van der Waals surface area contributed by atoms with Crippen molar-refractivity contribution in [1.29, 1.82) is 0 Å². The molecule has 2 rings (SSSR count). The van der Waals surface area contributed by atoms with E-state index in [2.05, 4.69) is 5.32 Å². The number of carbonyl (C=O) groups excluding carboxylic acids is 1. The lowest BCUT2D eigenvalue weighted by Gasteiger charge is -2.19. The zero-order valence-corrected chi connectivity index (χ0v) is 13.3. The standard InChI is InChI=1S/C16H16ClN3O3/c1-19(12-5-3-2-4-6-12)10-9-18-16(21)14-8-7-13(20(22)23)11-15(14)17/h2-8,11H,9-10H2,1H3,(H,18,21). The molecule has 0 unspecified atom stereocenters. The Morgan fingerprint density at radius 2 is 1.96 bits per heavy atom. The molecule has 0 saturated carbocycles. The molecule has 0 aliphatic heterocycles. The number of hydrogen-bond acceptors (Lipinski definition) is 4. The van der Waals surface area contributed by atoms with Crippen molar-refractivity contribution in [3.05, 3.63) is 69.2 Å². The van der Waals surface area contributed by atoms with E-state index in [0.29, 0.717) is 13.1 Å². The van der Waals surface area contributed by atoms with Crippen LogP contribution in [0.15, 0.2) is 48.5 Å². The summed E-state index contributed by atoms with van der Waals surface area (Å²) in [7, 11) is 1.93. The van der Waals surface area contributed by atoms with Gasteiger partial charge in [-0.2, -0.15) is 0 Å². The van der Waals surface area contributed by atoms with E-state index in [0.717, 1.165) is 5.69 Å². The predicted octanol–water partition coefficient (Wildman–Crippen LogP) is 3.11. The Kier molecular flexibility index (Phi) is 5.54. The Hall–Kier alpha value is -2.60. The summed E-state index contributed by atoms with van der Waals surface area (Å²) in [5, 5.41) is 13.5. The van der Waals surface area contributed by atoms with Crippen LogP contribution in [0, 0.1) is 10.1 Å². The Morgan fingerprint density at radius 3 is 2.57 bits per heavy atom. The van der Waals surface area contributed by atoms with Crippen molar-refractivity contribution in [3.8, 4) is 0 Å². The summed E-state index contributed by atoms with van der Waals surface area (Å²) in [6.07, 6.45) is 0. The van der Waals surface area contributed by atoms with Crippen molar-refractivity contribution in [2.75, 3.05) is 25.0 Å². The number of nitrogens with one attached hydrogen (secondary N) is 1. The van der Waals surface area contributed by atoms with E-state index in [1.807, 2.05) is 42.3 Å². The monoisotopic (exact) mass is 333 g/mol. The summed E-state index contributed by atoms with van der Waals surface area (Å²) in [5.41, 5.74) is 1.13. The third-order valence-electron chi connectivity index (χ3n) is 3.34. The molecule has 7 heteroatoms. The number of benzene rings is 2. The Labute approximate surface area is 138 Å². The highest BCUT2D eigenvalue weighted by Gasteiger charge is 2.14. The smallest absolute Gasteiger partial charge is 0.270 e. The van der Waals surface area contributed by atoms with Crippen LogP contribution in [-0.2, 0) is 0 Å². The molecule has 2 aromatic carbocycles. The van der Waals surface area contributed by atoms with Crippen molar-refractivity contribution in [2.45, 2.75) is 0 Å². The highest BCUT2D eigenvalue weighted by Crippen LogP contribution is 2.22.